The Bertz CT molecular complexity index is 510. The molecule has 0 saturated carbocycles. The van der Waals surface area contributed by atoms with E-state index in [1.807, 2.05) is 0 Å². The molecule has 0 saturated heterocycles. The van der Waals surface area contributed by atoms with Crippen LogP contribution in [-0.4, -0.2) is 35.5 Å². The van der Waals surface area contributed by atoms with Gasteiger partial charge >= 0.3 is 11.9 Å². The largest absolute Gasteiger partial charge is 0.461 e. The number of carbonyl (C=O) groups is 2. The lowest BCUT2D eigenvalue weighted by Gasteiger charge is -2.07. The Labute approximate surface area is 114 Å². The van der Waals surface area contributed by atoms with Crippen LogP contribution in [0, 0.1) is 5.82 Å². The molecule has 0 aliphatic rings. The smallest absolute Gasteiger partial charge is 0.365 e. The highest BCUT2D eigenvalue weighted by atomic mass is 19.1. The van der Waals surface area contributed by atoms with Gasteiger partial charge in [-0.1, -0.05) is 5.16 Å². The van der Waals surface area contributed by atoms with Gasteiger partial charge in [0.1, 0.15) is 11.9 Å². The van der Waals surface area contributed by atoms with Crippen molar-refractivity contribution in [3.63, 3.8) is 0 Å². The molecule has 0 aliphatic heterocycles. The van der Waals surface area contributed by atoms with E-state index in [9.17, 15) is 19.1 Å². The predicted octanol–water partition coefficient (Wildman–Crippen LogP) is 1.28. The fourth-order valence-corrected chi connectivity index (χ4v) is 1.22. The van der Waals surface area contributed by atoms with Gasteiger partial charge in [-0.2, -0.15) is 0 Å². The van der Waals surface area contributed by atoms with Crippen LogP contribution in [0.15, 0.2) is 29.4 Å². The van der Waals surface area contributed by atoms with Gasteiger partial charge in [0.15, 0.2) is 5.71 Å². The van der Waals surface area contributed by atoms with E-state index in [0.29, 0.717) is 0 Å². The zero-order valence-corrected chi connectivity index (χ0v) is 11.0. The molecule has 0 spiro atoms. The summed E-state index contributed by atoms with van der Waals surface area (Å²) in [6, 6.07) is 4.58. The van der Waals surface area contributed by atoms with Crippen LogP contribution < -0.4 is 0 Å². The molecule has 0 fully saturated rings. The molecule has 0 amide bonds. The molecule has 0 heterocycles. The van der Waals surface area contributed by atoms with Crippen molar-refractivity contribution in [2.75, 3.05) is 6.61 Å². The topological polar surface area (TPSA) is 85.2 Å². The van der Waals surface area contributed by atoms with Crippen LogP contribution in [0.4, 0.5) is 4.39 Å². The lowest BCUT2D eigenvalue weighted by molar-refractivity contribution is -0.135. The first kappa shape index (κ1) is 15.8. The van der Waals surface area contributed by atoms with E-state index in [1.165, 1.54) is 19.1 Å². The highest BCUT2D eigenvalue weighted by Gasteiger charge is 2.20. The summed E-state index contributed by atoms with van der Waals surface area (Å²) >= 11 is 0. The van der Waals surface area contributed by atoms with Crippen molar-refractivity contribution in [3.8, 4) is 0 Å². The molecule has 7 heteroatoms. The van der Waals surface area contributed by atoms with Crippen LogP contribution in [0.3, 0.4) is 0 Å². The van der Waals surface area contributed by atoms with Crippen LogP contribution in [0.1, 0.15) is 24.2 Å². The number of hydrogen-bond donors (Lipinski definition) is 1. The van der Waals surface area contributed by atoms with Gasteiger partial charge in [-0.05, 0) is 38.1 Å². The third-order valence-electron chi connectivity index (χ3n) is 2.19. The maximum Gasteiger partial charge on any atom is 0.365 e. The highest BCUT2D eigenvalue weighted by molar-refractivity contribution is 6.38. The molecule has 0 bridgehead atoms. The molecule has 1 atom stereocenters. The van der Waals surface area contributed by atoms with Crippen molar-refractivity contribution in [2.45, 2.75) is 20.0 Å². The Morgan fingerprint density at radius 2 is 1.95 bits per heavy atom. The number of aliphatic hydroxyl groups excluding tert-OH is 1. The van der Waals surface area contributed by atoms with Crippen molar-refractivity contribution in [2.24, 2.45) is 5.16 Å². The number of aliphatic hydroxyl groups is 1. The molecular formula is C13H14FNO5. The summed E-state index contributed by atoms with van der Waals surface area (Å²) in [6.45, 7) is 2.96. The quantitative estimate of drug-likeness (QED) is 0.381. The van der Waals surface area contributed by atoms with Crippen LogP contribution in [0.25, 0.3) is 0 Å². The zero-order chi connectivity index (χ0) is 15.1. The number of hydrogen-bond acceptors (Lipinski definition) is 6. The van der Waals surface area contributed by atoms with Crippen LogP contribution >= 0.6 is 0 Å². The summed E-state index contributed by atoms with van der Waals surface area (Å²) in [5.41, 5.74) is -0.369. The summed E-state index contributed by atoms with van der Waals surface area (Å²) in [6.07, 6.45) is -1.25. The lowest BCUT2D eigenvalue weighted by atomic mass is 10.2. The van der Waals surface area contributed by atoms with Crippen molar-refractivity contribution in [1.82, 2.24) is 0 Å². The van der Waals surface area contributed by atoms with Crippen molar-refractivity contribution in [1.29, 1.82) is 0 Å². The van der Waals surface area contributed by atoms with Crippen molar-refractivity contribution >= 4 is 17.7 Å². The second-order valence-corrected chi connectivity index (χ2v) is 3.76. The Hall–Kier alpha value is -2.28. The molecule has 1 unspecified atom stereocenters. The molecule has 1 aromatic rings. The fraction of sp³-hybridized carbons (Fsp3) is 0.308. The number of rotatable bonds is 5. The number of carbonyl (C=O) groups excluding carboxylic acids is 2. The molecule has 0 radical (unpaired) electrons. The fourth-order valence-electron chi connectivity index (χ4n) is 1.22. The summed E-state index contributed by atoms with van der Waals surface area (Å²) in [7, 11) is 0. The number of nitrogens with zero attached hydrogens (tertiary/aromatic N) is 1. The molecule has 1 N–H and O–H groups in total. The molecule has 0 aromatic heterocycles. The SMILES string of the molecule is CCOC(=O)/C(=N/OC(=O)c1ccc(F)cc1)C(C)O. The Morgan fingerprint density at radius 1 is 1.35 bits per heavy atom. The molecule has 20 heavy (non-hydrogen) atoms. The van der Waals surface area contributed by atoms with E-state index in [-0.39, 0.29) is 12.2 Å². The van der Waals surface area contributed by atoms with Gasteiger partial charge in [-0.15, -0.1) is 0 Å². The second kappa shape index (κ2) is 7.34. The van der Waals surface area contributed by atoms with Gasteiger partial charge < -0.3 is 14.7 Å². The van der Waals surface area contributed by atoms with Gasteiger partial charge in [0.2, 0.25) is 0 Å². The second-order valence-electron chi connectivity index (χ2n) is 3.76. The van der Waals surface area contributed by atoms with Crippen LogP contribution in [-0.2, 0) is 14.4 Å². The Kier molecular flexibility index (Phi) is 5.79. The first-order valence-electron chi connectivity index (χ1n) is 5.85. The number of esters is 1. The average molecular weight is 283 g/mol. The number of benzene rings is 1. The van der Waals surface area contributed by atoms with Crippen LogP contribution in [0.5, 0.6) is 0 Å². The van der Waals surface area contributed by atoms with Gasteiger partial charge in [0.05, 0.1) is 12.2 Å². The van der Waals surface area contributed by atoms with Crippen molar-refractivity contribution in [3.05, 3.63) is 35.6 Å². The Morgan fingerprint density at radius 3 is 2.45 bits per heavy atom. The summed E-state index contributed by atoms with van der Waals surface area (Å²) < 4.78 is 17.3. The minimum absolute atomic E-state index is 0.0592. The molecule has 1 rings (SSSR count). The highest BCUT2D eigenvalue weighted by Crippen LogP contribution is 2.05. The standard InChI is InChI=1S/C13H14FNO5/c1-3-19-13(18)11(8(2)16)15-20-12(17)9-4-6-10(14)7-5-9/h4-8,16H,3H2,1-2H3/b15-11+. The Balaban J connectivity index is 2.79. The van der Waals surface area contributed by atoms with Gasteiger partial charge in [0.25, 0.3) is 0 Å². The molecule has 108 valence electrons. The first-order valence-corrected chi connectivity index (χ1v) is 5.85. The van der Waals surface area contributed by atoms with Gasteiger partial charge in [-0.3, -0.25) is 0 Å². The molecule has 1 aromatic carbocycles. The average Bonchev–Trinajstić information content (AvgIpc) is 2.39. The van der Waals surface area contributed by atoms with Gasteiger partial charge in [0, 0.05) is 0 Å². The van der Waals surface area contributed by atoms with E-state index < -0.39 is 29.6 Å². The van der Waals surface area contributed by atoms with Crippen LogP contribution in [0.2, 0.25) is 0 Å². The van der Waals surface area contributed by atoms with E-state index in [0.717, 1.165) is 12.1 Å². The minimum atomic E-state index is -1.25. The summed E-state index contributed by atoms with van der Waals surface area (Å²) in [5.74, 6) is -2.26. The molecule has 0 aliphatic carbocycles. The number of oxime groups is 1. The van der Waals surface area contributed by atoms with Gasteiger partial charge in [-0.25, -0.2) is 14.0 Å². The maximum absolute atomic E-state index is 12.7. The predicted molar refractivity (Wildman–Crippen MR) is 67.6 cm³/mol. The van der Waals surface area contributed by atoms with E-state index in [2.05, 4.69) is 14.7 Å². The molecular weight excluding hydrogens is 269 g/mol. The van der Waals surface area contributed by atoms with E-state index in [4.69, 9.17) is 0 Å². The summed E-state index contributed by atoms with van der Waals surface area (Å²) in [4.78, 5) is 27.5. The normalized spacial score (nSPS) is 12.7. The third kappa shape index (κ3) is 4.43. The number of ether oxygens (including phenoxy) is 1. The lowest BCUT2D eigenvalue weighted by Crippen LogP contribution is -2.28. The maximum atomic E-state index is 12.7. The monoisotopic (exact) mass is 283 g/mol. The first-order chi connectivity index (χ1) is 9.45. The summed E-state index contributed by atoms with van der Waals surface area (Å²) in [5, 5.41) is 12.6. The van der Waals surface area contributed by atoms with E-state index in [1.54, 1.807) is 6.92 Å². The van der Waals surface area contributed by atoms with E-state index >= 15 is 0 Å². The molecule has 6 nitrogen and oxygen atoms in total. The minimum Gasteiger partial charge on any atom is -0.461 e. The third-order valence-corrected chi connectivity index (χ3v) is 2.19. The zero-order valence-electron chi connectivity index (χ0n) is 11.0. The number of halogens is 1. The van der Waals surface area contributed by atoms with Crippen molar-refractivity contribution < 1.29 is 28.7 Å².